The van der Waals surface area contributed by atoms with Crippen molar-refractivity contribution in [2.75, 3.05) is 19.3 Å². The van der Waals surface area contributed by atoms with Crippen molar-refractivity contribution in [3.8, 4) is 0 Å². The van der Waals surface area contributed by atoms with Gasteiger partial charge in [-0.2, -0.15) is 0 Å². The van der Waals surface area contributed by atoms with Gasteiger partial charge in [-0.15, -0.1) is 0 Å². The first-order valence-electron chi connectivity index (χ1n) is 8.65. The van der Waals surface area contributed by atoms with Crippen LogP contribution >= 0.6 is 0 Å². The van der Waals surface area contributed by atoms with Crippen LogP contribution in [0.2, 0.25) is 0 Å². The van der Waals surface area contributed by atoms with Gasteiger partial charge in [0.25, 0.3) is 0 Å². The van der Waals surface area contributed by atoms with E-state index in [0.29, 0.717) is 23.5 Å². The number of carbonyl (C=O) groups excluding carboxylic acids is 1. The van der Waals surface area contributed by atoms with Crippen LogP contribution in [0, 0.1) is 0 Å². The third kappa shape index (κ3) is 3.98. The first-order chi connectivity index (χ1) is 11.4. The van der Waals surface area contributed by atoms with Crippen LogP contribution in [0.3, 0.4) is 0 Å². The van der Waals surface area contributed by atoms with Gasteiger partial charge in [0.1, 0.15) is 0 Å². The Morgan fingerprint density at radius 3 is 2.25 bits per heavy atom. The smallest absolute Gasteiger partial charge is 0.219 e. The van der Waals surface area contributed by atoms with Gasteiger partial charge in [0.05, 0.1) is 4.90 Å². The molecule has 1 saturated heterocycles. The molecule has 132 valence electrons. The average Bonchev–Trinajstić information content (AvgIpc) is 3.37. The SMILES string of the molecule is CC(=O)N1CCC(N(Cc2ccccc2S(C)(=O)=O)C2CC2)CC1. The van der Waals surface area contributed by atoms with Crippen LogP contribution in [0.5, 0.6) is 0 Å². The molecule has 1 heterocycles. The molecule has 2 aliphatic rings. The van der Waals surface area contributed by atoms with Crippen molar-refractivity contribution < 1.29 is 13.2 Å². The number of amides is 1. The highest BCUT2D eigenvalue weighted by molar-refractivity contribution is 7.90. The van der Waals surface area contributed by atoms with Crippen molar-refractivity contribution in [2.24, 2.45) is 0 Å². The van der Waals surface area contributed by atoms with E-state index in [1.165, 1.54) is 19.1 Å². The molecule has 1 aliphatic carbocycles. The number of sulfone groups is 1. The van der Waals surface area contributed by atoms with Crippen LogP contribution < -0.4 is 0 Å². The van der Waals surface area contributed by atoms with E-state index in [1.54, 1.807) is 19.1 Å². The lowest BCUT2D eigenvalue weighted by Gasteiger charge is -2.38. The molecule has 6 heteroatoms. The van der Waals surface area contributed by atoms with Crippen LogP contribution in [0.4, 0.5) is 0 Å². The maximum absolute atomic E-state index is 12.1. The van der Waals surface area contributed by atoms with E-state index in [9.17, 15) is 13.2 Å². The van der Waals surface area contributed by atoms with E-state index in [2.05, 4.69) is 4.90 Å². The topological polar surface area (TPSA) is 57.7 Å². The summed E-state index contributed by atoms with van der Waals surface area (Å²) in [5, 5.41) is 0. The number of likely N-dealkylation sites (tertiary alicyclic amines) is 1. The second-order valence-electron chi connectivity index (χ2n) is 7.02. The molecule has 0 atom stereocenters. The molecule has 1 aromatic carbocycles. The van der Waals surface area contributed by atoms with E-state index >= 15 is 0 Å². The van der Waals surface area contributed by atoms with Gasteiger partial charge in [0, 0.05) is 44.9 Å². The monoisotopic (exact) mass is 350 g/mol. The lowest BCUT2D eigenvalue weighted by molar-refractivity contribution is -0.130. The Morgan fingerprint density at radius 2 is 1.71 bits per heavy atom. The highest BCUT2D eigenvalue weighted by Crippen LogP contribution is 2.34. The lowest BCUT2D eigenvalue weighted by atomic mass is 10.0. The molecule has 0 N–H and O–H groups in total. The van der Waals surface area contributed by atoms with E-state index < -0.39 is 9.84 Å². The quantitative estimate of drug-likeness (QED) is 0.816. The Morgan fingerprint density at radius 1 is 1.12 bits per heavy atom. The maximum atomic E-state index is 12.1. The molecule has 0 unspecified atom stereocenters. The number of nitrogens with zero attached hydrogens (tertiary/aromatic N) is 2. The average molecular weight is 350 g/mol. The molecule has 2 fully saturated rings. The van der Waals surface area contributed by atoms with E-state index in [-0.39, 0.29) is 5.91 Å². The summed E-state index contributed by atoms with van der Waals surface area (Å²) in [6.45, 7) is 3.91. The molecule has 0 aromatic heterocycles. The fraction of sp³-hybridized carbons (Fsp3) is 0.611. The van der Waals surface area contributed by atoms with Crippen molar-refractivity contribution in [3.63, 3.8) is 0 Å². The van der Waals surface area contributed by atoms with Crippen LogP contribution in [0.15, 0.2) is 29.2 Å². The summed E-state index contributed by atoms with van der Waals surface area (Å²) in [4.78, 5) is 16.3. The Hall–Kier alpha value is -1.40. The van der Waals surface area contributed by atoms with Crippen molar-refractivity contribution in [3.05, 3.63) is 29.8 Å². The van der Waals surface area contributed by atoms with E-state index in [1.807, 2.05) is 17.0 Å². The zero-order chi connectivity index (χ0) is 17.3. The molecule has 0 radical (unpaired) electrons. The van der Waals surface area contributed by atoms with Gasteiger partial charge in [0.15, 0.2) is 9.84 Å². The van der Waals surface area contributed by atoms with Gasteiger partial charge < -0.3 is 4.90 Å². The molecular weight excluding hydrogens is 324 g/mol. The van der Waals surface area contributed by atoms with Gasteiger partial charge in [0.2, 0.25) is 5.91 Å². The molecule has 0 bridgehead atoms. The van der Waals surface area contributed by atoms with Gasteiger partial charge in [-0.1, -0.05) is 18.2 Å². The first-order valence-corrected chi connectivity index (χ1v) is 10.5. The molecule has 5 nitrogen and oxygen atoms in total. The predicted octanol–water partition coefficient (Wildman–Crippen LogP) is 2.07. The van der Waals surface area contributed by atoms with E-state index in [4.69, 9.17) is 0 Å². The predicted molar refractivity (Wildman–Crippen MR) is 93.4 cm³/mol. The molecular formula is C18H26N2O3S. The molecule has 1 saturated carbocycles. The second kappa shape index (κ2) is 6.84. The number of piperidine rings is 1. The zero-order valence-electron chi connectivity index (χ0n) is 14.4. The second-order valence-corrected chi connectivity index (χ2v) is 9.00. The van der Waals surface area contributed by atoms with Crippen LogP contribution in [0.25, 0.3) is 0 Å². The lowest BCUT2D eigenvalue weighted by Crippen LogP contribution is -2.46. The maximum Gasteiger partial charge on any atom is 0.219 e. The van der Waals surface area contributed by atoms with Gasteiger partial charge >= 0.3 is 0 Å². The molecule has 1 amide bonds. The third-order valence-electron chi connectivity index (χ3n) is 5.12. The Labute approximate surface area is 144 Å². The van der Waals surface area contributed by atoms with Crippen molar-refractivity contribution >= 4 is 15.7 Å². The molecule has 1 aromatic rings. The standard InChI is InChI=1S/C18H26N2O3S/c1-14(21)19-11-9-17(10-12-19)20(16-7-8-16)13-15-5-3-4-6-18(15)24(2,22)23/h3-6,16-17H,7-13H2,1-2H3. The fourth-order valence-electron chi connectivity index (χ4n) is 3.67. The summed E-state index contributed by atoms with van der Waals surface area (Å²) in [6, 6.07) is 8.32. The number of hydrogen-bond donors (Lipinski definition) is 0. The normalized spacial score (nSPS) is 19.7. The van der Waals surface area contributed by atoms with Gasteiger partial charge in [-0.3, -0.25) is 9.69 Å². The molecule has 1 aliphatic heterocycles. The minimum absolute atomic E-state index is 0.147. The number of carbonyl (C=O) groups is 1. The largest absolute Gasteiger partial charge is 0.343 e. The summed E-state index contributed by atoms with van der Waals surface area (Å²) in [5.41, 5.74) is 0.890. The summed E-state index contributed by atoms with van der Waals surface area (Å²) in [7, 11) is -3.21. The number of benzene rings is 1. The van der Waals surface area contributed by atoms with Crippen molar-refractivity contribution in [2.45, 2.75) is 56.1 Å². The molecule has 0 spiro atoms. The zero-order valence-corrected chi connectivity index (χ0v) is 15.3. The number of rotatable bonds is 5. The summed E-state index contributed by atoms with van der Waals surface area (Å²) in [6.07, 6.45) is 5.59. The summed E-state index contributed by atoms with van der Waals surface area (Å²) >= 11 is 0. The summed E-state index contributed by atoms with van der Waals surface area (Å²) in [5.74, 6) is 0.147. The van der Waals surface area contributed by atoms with Crippen LogP contribution in [-0.4, -0.2) is 55.6 Å². The molecule has 3 rings (SSSR count). The number of hydrogen-bond acceptors (Lipinski definition) is 4. The Bertz CT molecular complexity index is 705. The fourth-order valence-corrected chi connectivity index (χ4v) is 4.60. The minimum atomic E-state index is -3.21. The first kappa shape index (κ1) is 17.4. The summed E-state index contributed by atoms with van der Waals surface area (Å²) < 4.78 is 24.1. The van der Waals surface area contributed by atoms with Gasteiger partial charge in [-0.25, -0.2) is 8.42 Å². The van der Waals surface area contributed by atoms with Crippen LogP contribution in [0.1, 0.15) is 38.2 Å². The highest BCUT2D eigenvalue weighted by Gasteiger charge is 2.36. The van der Waals surface area contributed by atoms with Crippen molar-refractivity contribution in [1.82, 2.24) is 9.80 Å². The van der Waals surface area contributed by atoms with Crippen molar-refractivity contribution in [1.29, 1.82) is 0 Å². The van der Waals surface area contributed by atoms with Crippen LogP contribution in [-0.2, 0) is 21.2 Å². The Kier molecular flexibility index (Phi) is 4.97. The Balaban J connectivity index is 1.76. The molecule has 24 heavy (non-hydrogen) atoms. The van der Waals surface area contributed by atoms with Gasteiger partial charge in [-0.05, 0) is 37.3 Å². The highest BCUT2D eigenvalue weighted by atomic mass is 32.2. The van der Waals surface area contributed by atoms with E-state index in [0.717, 1.165) is 31.5 Å². The third-order valence-corrected chi connectivity index (χ3v) is 6.32. The minimum Gasteiger partial charge on any atom is -0.343 e.